The standard InChI is InChI=1S/C10H8FN5OS/c11-6-4-13-2-1-5(6)3-14-7-8(12)15-10(18)16-9(7)17/h1-4H,(H4,12,15,16,17,18)/b14-3+. The molecule has 0 atom stereocenters. The molecule has 3 N–H and O–H groups in total. The lowest BCUT2D eigenvalue weighted by atomic mass is 10.3. The van der Waals surface area contributed by atoms with Crippen LogP contribution in [0.1, 0.15) is 5.56 Å². The Labute approximate surface area is 107 Å². The summed E-state index contributed by atoms with van der Waals surface area (Å²) >= 11 is 3.84. The minimum Gasteiger partial charge on any atom is -0.492 e. The maximum absolute atomic E-state index is 13.3. The van der Waals surface area contributed by atoms with E-state index in [9.17, 15) is 9.50 Å². The minimum atomic E-state index is -0.536. The Kier molecular flexibility index (Phi) is 3.38. The van der Waals surface area contributed by atoms with Gasteiger partial charge in [0.15, 0.2) is 16.7 Å². The highest BCUT2D eigenvalue weighted by Crippen LogP contribution is 2.29. The predicted octanol–water partition coefficient (Wildman–Crippen LogP) is 1.34. The van der Waals surface area contributed by atoms with Crippen molar-refractivity contribution in [1.82, 2.24) is 15.0 Å². The Bertz CT molecular complexity index is 596. The summed E-state index contributed by atoms with van der Waals surface area (Å²) in [5.74, 6) is -0.998. The van der Waals surface area contributed by atoms with Crippen LogP contribution in [0.15, 0.2) is 28.6 Å². The zero-order valence-electron chi connectivity index (χ0n) is 8.95. The summed E-state index contributed by atoms with van der Waals surface area (Å²) in [6, 6.07) is 1.43. The maximum Gasteiger partial charge on any atom is 0.243 e. The van der Waals surface area contributed by atoms with Gasteiger partial charge in [-0.2, -0.15) is 4.98 Å². The van der Waals surface area contributed by atoms with Crippen molar-refractivity contribution >= 4 is 30.3 Å². The topological polar surface area (TPSA) is 97.3 Å². The van der Waals surface area contributed by atoms with Crippen molar-refractivity contribution in [3.63, 3.8) is 0 Å². The number of nitrogens with two attached hydrogens (primary N) is 1. The summed E-state index contributed by atoms with van der Waals surface area (Å²) in [6.07, 6.45) is 3.67. The van der Waals surface area contributed by atoms with Crippen molar-refractivity contribution in [2.45, 2.75) is 5.16 Å². The van der Waals surface area contributed by atoms with Gasteiger partial charge in [-0.15, -0.1) is 12.6 Å². The molecule has 0 aromatic carbocycles. The van der Waals surface area contributed by atoms with Gasteiger partial charge in [0, 0.05) is 18.0 Å². The third-order valence-corrected chi connectivity index (χ3v) is 2.22. The fraction of sp³-hybridized carbons (Fsp3) is 0. The summed E-state index contributed by atoms with van der Waals surface area (Å²) < 4.78 is 13.3. The lowest BCUT2D eigenvalue weighted by Crippen LogP contribution is -1.95. The molecule has 2 heterocycles. The first-order chi connectivity index (χ1) is 8.58. The van der Waals surface area contributed by atoms with Crippen LogP contribution in [0, 0.1) is 5.82 Å². The number of rotatable bonds is 2. The van der Waals surface area contributed by atoms with Gasteiger partial charge in [-0.05, 0) is 6.07 Å². The van der Waals surface area contributed by atoms with Crippen molar-refractivity contribution in [2.75, 3.05) is 5.73 Å². The van der Waals surface area contributed by atoms with E-state index < -0.39 is 11.7 Å². The second kappa shape index (κ2) is 4.96. The van der Waals surface area contributed by atoms with Crippen molar-refractivity contribution in [1.29, 1.82) is 0 Å². The third-order valence-electron chi connectivity index (χ3n) is 2.02. The van der Waals surface area contributed by atoms with Gasteiger partial charge >= 0.3 is 0 Å². The van der Waals surface area contributed by atoms with Crippen LogP contribution in [0.2, 0.25) is 0 Å². The molecular weight excluding hydrogens is 257 g/mol. The van der Waals surface area contributed by atoms with E-state index in [0.717, 1.165) is 6.20 Å². The molecule has 0 amide bonds. The van der Waals surface area contributed by atoms with Gasteiger partial charge < -0.3 is 10.8 Å². The smallest absolute Gasteiger partial charge is 0.243 e. The van der Waals surface area contributed by atoms with E-state index in [1.165, 1.54) is 18.5 Å². The van der Waals surface area contributed by atoms with Gasteiger partial charge in [0.1, 0.15) is 5.82 Å². The van der Waals surface area contributed by atoms with Crippen LogP contribution in [-0.4, -0.2) is 26.3 Å². The second-order valence-electron chi connectivity index (χ2n) is 3.24. The molecule has 6 nitrogen and oxygen atoms in total. The number of nitrogens with zero attached hydrogens (tertiary/aromatic N) is 4. The van der Waals surface area contributed by atoms with E-state index >= 15 is 0 Å². The molecule has 0 fully saturated rings. The average molecular weight is 265 g/mol. The van der Waals surface area contributed by atoms with E-state index in [-0.39, 0.29) is 22.2 Å². The van der Waals surface area contributed by atoms with Gasteiger partial charge in [-0.3, -0.25) is 4.98 Å². The number of hydrogen-bond donors (Lipinski definition) is 3. The first kappa shape index (κ1) is 12.2. The van der Waals surface area contributed by atoms with Crippen molar-refractivity contribution in [2.24, 2.45) is 4.99 Å². The summed E-state index contributed by atoms with van der Waals surface area (Å²) in [5.41, 5.74) is 5.71. The molecule has 0 aliphatic heterocycles. The molecule has 0 saturated carbocycles. The fourth-order valence-corrected chi connectivity index (χ4v) is 1.40. The van der Waals surface area contributed by atoms with Crippen LogP contribution in [0.4, 0.5) is 15.9 Å². The Morgan fingerprint density at radius 2 is 2.22 bits per heavy atom. The zero-order chi connectivity index (χ0) is 13.1. The number of pyridine rings is 1. The number of halogens is 1. The third kappa shape index (κ3) is 2.54. The number of hydrogen-bond acceptors (Lipinski definition) is 7. The first-order valence-corrected chi connectivity index (χ1v) is 5.21. The van der Waals surface area contributed by atoms with Crippen LogP contribution in [-0.2, 0) is 0 Å². The lowest BCUT2D eigenvalue weighted by Gasteiger charge is -2.02. The second-order valence-corrected chi connectivity index (χ2v) is 3.64. The van der Waals surface area contributed by atoms with E-state index in [0.29, 0.717) is 0 Å². The van der Waals surface area contributed by atoms with E-state index in [4.69, 9.17) is 5.73 Å². The monoisotopic (exact) mass is 265 g/mol. The molecule has 0 aliphatic rings. The summed E-state index contributed by atoms with van der Waals surface area (Å²) in [5, 5.41) is 9.55. The molecule has 0 spiro atoms. The minimum absolute atomic E-state index is 0.0269. The van der Waals surface area contributed by atoms with Crippen molar-refractivity contribution in [3.05, 3.63) is 29.8 Å². The Morgan fingerprint density at radius 1 is 1.44 bits per heavy atom. The SMILES string of the molecule is Nc1nc(S)nc(O)c1/N=C/c1ccncc1F. The van der Waals surface area contributed by atoms with Gasteiger partial charge in [-0.25, -0.2) is 14.4 Å². The molecule has 92 valence electrons. The average Bonchev–Trinajstić information content (AvgIpc) is 2.30. The van der Waals surface area contributed by atoms with Crippen molar-refractivity contribution < 1.29 is 9.50 Å². The molecule has 0 saturated heterocycles. The predicted molar refractivity (Wildman–Crippen MR) is 66.8 cm³/mol. The van der Waals surface area contributed by atoms with E-state index in [1.54, 1.807) is 0 Å². The molecule has 2 aromatic heterocycles. The van der Waals surface area contributed by atoms with Crippen LogP contribution in [0.3, 0.4) is 0 Å². The molecule has 0 radical (unpaired) electrons. The largest absolute Gasteiger partial charge is 0.492 e. The molecule has 0 bridgehead atoms. The number of anilines is 1. The van der Waals surface area contributed by atoms with Crippen molar-refractivity contribution in [3.8, 4) is 5.88 Å². The normalized spacial score (nSPS) is 11.0. The quantitative estimate of drug-likeness (QED) is 0.432. The van der Waals surface area contributed by atoms with E-state index in [2.05, 4.69) is 32.6 Å². The van der Waals surface area contributed by atoms with Crippen LogP contribution in [0.25, 0.3) is 0 Å². The van der Waals surface area contributed by atoms with Gasteiger partial charge in [-0.1, -0.05) is 0 Å². The molecule has 18 heavy (non-hydrogen) atoms. The van der Waals surface area contributed by atoms with Gasteiger partial charge in [0.25, 0.3) is 0 Å². The molecule has 0 aliphatic carbocycles. The van der Waals surface area contributed by atoms with Crippen LogP contribution in [0.5, 0.6) is 5.88 Å². The van der Waals surface area contributed by atoms with Gasteiger partial charge in [0.2, 0.25) is 5.88 Å². The summed E-state index contributed by atoms with van der Waals surface area (Å²) in [4.78, 5) is 14.7. The number of nitrogen functional groups attached to an aromatic ring is 1. The summed E-state index contributed by atoms with van der Waals surface area (Å²) in [7, 11) is 0. The number of aromatic hydroxyl groups is 1. The Balaban J connectivity index is 2.38. The number of aliphatic imine (C=N–C) groups is 1. The molecular formula is C10H8FN5OS. The summed E-state index contributed by atoms with van der Waals surface area (Å²) in [6.45, 7) is 0. The highest BCUT2D eigenvalue weighted by atomic mass is 32.1. The highest BCUT2D eigenvalue weighted by Gasteiger charge is 2.09. The number of aromatic nitrogens is 3. The zero-order valence-corrected chi connectivity index (χ0v) is 9.84. The maximum atomic E-state index is 13.3. The Hall–Kier alpha value is -2.22. The fourth-order valence-electron chi connectivity index (χ4n) is 1.20. The molecule has 8 heteroatoms. The van der Waals surface area contributed by atoms with Gasteiger partial charge in [0.05, 0.1) is 6.20 Å². The van der Waals surface area contributed by atoms with Crippen LogP contribution >= 0.6 is 12.6 Å². The van der Waals surface area contributed by atoms with E-state index in [1.807, 2.05) is 0 Å². The first-order valence-electron chi connectivity index (χ1n) is 4.77. The van der Waals surface area contributed by atoms with Crippen LogP contribution < -0.4 is 5.73 Å². The lowest BCUT2D eigenvalue weighted by molar-refractivity contribution is 0.448. The number of thiol groups is 1. The molecule has 0 unspecified atom stereocenters. The highest BCUT2D eigenvalue weighted by molar-refractivity contribution is 7.80. The molecule has 2 aromatic rings. The molecule has 2 rings (SSSR count). The Morgan fingerprint density at radius 3 is 2.89 bits per heavy atom.